The summed E-state index contributed by atoms with van der Waals surface area (Å²) < 4.78 is 64.3. The van der Waals surface area contributed by atoms with Crippen LogP contribution in [-0.2, 0) is 48.4 Å². The fourth-order valence-electron chi connectivity index (χ4n) is 10.7. The molecule has 0 aliphatic carbocycles. The maximum atomic E-state index is 13.5. The van der Waals surface area contributed by atoms with E-state index in [-0.39, 0.29) is 11.6 Å². The van der Waals surface area contributed by atoms with Gasteiger partial charge >= 0.3 is 11.9 Å². The van der Waals surface area contributed by atoms with Gasteiger partial charge < -0.3 is 57.6 Å². The van der Waals surface area contributed by atoms with Crippen molar-refractivity contribution in [1.29, 1.82) is 0 Å². The van der Waals surface area contributed by atoms with Crippen LogP contribution in [0.2, 0.25) is 0 Å². The molecule has 2 aliphatic rings. The maximum absolute atomic E-state index is 13.5. The number of ether oxygens (including phenoxy) is 6. The van der Waals surface area contributed by atoms with Crippen molar-refractivity contribution in [2.75, 3.05) is 81.9 Å². The monoisotopic (exact) mass is 1120 g/mol. The van der Waals surface area contributed by atoms with E-state index in [1.165, 1.54) is 35.4 Å². The number of imidazole rings is 2. The number of carboxylic acids is 2. The fraction of sp³-hybridized carbons (Fsp3) is 0.375. The molecule has 0 bridgehead atoms. The van der Waals surface area contributed by atoms with Crippen LogP contribution >= 0.6 is 0 Å². The third-order valence-electron chi connectivity index (χ3n) is 15.5. The number of fused-ring (bicyclic) bond motifs is 2. The van der Waals surface area contributed by atoms with Gasteiger partial charge in [-0.05, 0) is 147 Å². The number of methoxy groups -OCH3 is 6. The molecular formula is C64H74F2N6O10. The minimum absolute atomic E-state index is 0.227. The van der Waals surface area contributed by atoms with Gasteiger partial charge in [-0.25, -0.2) is 28.3 Å². The van der Waals surface area contributed by atoms with Crippen molar-refractivity contribution in [1.82, 2.24) is 28.9 Å². The fourth-order valence-corrected chi connectivity index (χ4v) is 10.7. The lowest BCUT2D eigenvalue weighted by molar-refractivity contribution is -0.159. The van der Waals surface area contributed by atoms with Gasteiger partial charge in [-0.1, -0.05) is 48.5 Å². The van der Waals surface area contributed by atoms with E-state index in [9.17, 15) is 8.78 Å². The molecule has 0 atom stereocenters. The zero-order valence-electron chi connectivity index (χ0n) is 47.6. The minimum atomic E-state index is -1.82. The average molecular weight is 1130 g/mol. The molecule has 10 rings (SSSR count). The zero-order chi connectivity index (χ0) is 58.1. The first kappa shape index (κ1) is 59.9. The normalized spacial score (nSPS) is 14.1. The Balaban J connectivity index is 0.000000195. The number of rotatable bonds is 20. The number of carbonyl (C=O) groups is 2. The number of halogens is 2. The highest BCUT2D eigenvalue weighted by molar-refractivity contribution is 6.27. The quantitative estimate of drug-likeness (QED) is 0.0691. The molecule has 0 saturated carbocycles. The van der Waals surface area contributed by atoms with Crippen LogP contribution in [0.15, 0.2) is 121 Å². The Hall–Kier alpha value is -8.22. The second-order valence-corrected chi connectivity index (χ2v) is 20.7. The number of aromatic nitrogens is 4. The lowest BCUT2D eigenvalue weighted by Gasteiger charge is -2.32. The second kappa shape index (κ2) is 29.0. The Morgan fingerprint density at radius 1 is 0.463 bits per heavy atom. The van der Waals surface area contributed by atoms with Crippen molar-refractivity contribution >= 4 is 34.0 Å². The highest BCUT2D eigenvalue weighted by atomic mass is 19.1. The Bertz CT molecular complexity index is 3110. The van der Waals surface area contributed by atoms with Crippen LogP contribution in [0.4, 0.5) is 8.78 Å². The van der Waals surface area contributed by atoms with Crippen LogP contribution in [0.3, 0.4) is 0 Å². The molecule has 2 saturated heterocycles. The maximum Gasteiger partial charge on any atom is 0.414 e. The topological polar surface area (TPSA) is 172 Å². The molecule has 0 radical (unpaired) electrons. The van der Waals surface area contributed by atoms with Crippen LogP contribution in [0.25, 0.3) is 22.1 Å². The molecule has 2 fully saturated rings. The number of benzene rings is 6. The molecule has 18 heteroatoms. The van der Waals surface area contributed by atoms with E-state index >= 15 is 0 Å². The first-order valence-corrected chi connectivity index (χ1v) is 27.6. The molecular weight excluding hydrogens is 1050 g/mol. The Labute approximate surface area is 477 Å². The van der Waals surface area contributed by atoms with Gasteiger partial charge in [-0.2, -0.15) is 0 Å². The summed E-state index contributed by atoms with van der Waals surface area (Å²) in [6.45, 7) is 7.79. The molecule has 0 amide bonds. The molecule has 2 N–H and O–H groups in total. The molecule has 2 aliphatic heterocycles. The summed E-state index contributed by atoms with van der Waals surface area (Å²) in [6.07, 6.45) is 8.51. The van der Waals surface area contributed by atoms with E-state index in [0.29, 0.717) is 47.9 Å². The van der Waals surface area contributed by atoms with Crippen molar-refractivity contribution < 1.29 is 57.0 Å². The third kappa shape index (κ3) is 16.0. The Kier molecular flexibility index (Phi) is 21.2. The summed E-state index contributed by atoms with van der Waals surface area (Å²) in [5.74, 6) is 3.63. The van der Waals surface area contributed by atoms with Crippen molar-refractivity contribution in [2.24, 2.45) is 11.8 Å². The molecule has 16 nitrogen and oxygen atoms in total. The highest BCUT2D eigenvalue weighted by Gasteiger charge is 2.25. The summed E-state index contributed by atoms with van der Waals surface area (Å²) in [5.41, 5.74) is 8.53. The van der Waals surface area contributed by atoms with Crippen molar-refractivity contribution in [2.45, 2.75) is 64.5 Å². The van der Waals surface area contributed by atoms with Crippen LogP contribution in [0.5, 0.6) is 34.5 Å². The van der Waals surface area contributed by atoms with Crippen molar-refractivity contribution in [3.63, 3.8) is 0 Å². The van der Waals surface area contributed by atoms with Crippen molar-refractivity contribution in [3.8, 4) is 34.5 Å². The smallest absolute Gasteiger partial charge is 0.414 e. The average Bonchev–Trinajstić information content (AvgIpc) is 4.11. The first-order valence-electron chi connectivity index (χ1n) is 27.6. The van der Waals surface area contributed by atoms with Crippen LogP contribution in [0.1, 0.15) is 59.6 Å². The molecule has 434 valence electrons. The van der Waals surface area contributed by atoms with E-state index in [1.807, 2.05) is 72.8 Å². The number of aliphatic carboxylic acids is 2. The molecule has 0 spiro atoms. The predicted molar refractivity (Wildman–Crippen MR) is 311 cm³/mol. The number of hydrogen-bond donors (Lipinski definition) is 2. The predicted octanol–water partition coefficient (Wildman–Crippen LogP) is 10.6. The van der Waals surface area contributed by atoms with Crippen LogP contribution < -0.4 is 28.4 Å². The number of piperidine rings is 2. The molecule has 6 aromatic carbocycles. The second-order valence-electron chi connectivity index (χ2n) is 20.7. The van der Waals surface area contributed by atoms with E-state index < -0.39 is 11.9 Å². The lowest BCUT2D eigenvalue weighted by Crippen LogP contribution is -2.36. The lowest BCUT2D eigenvalue weighted by atomic mass is 9.93. The van der Waals surface area contributed by atoms with Gasteiger partial charge in [0.25, 0.3) is 0 Å². The highest BCUT2D eigenvalue weighted by Crippen LogP contribution is 2.36. The van der Waals surface area contributed by atoms with Crippen LogP contribution in [0, 0.1) is 23.5 Å². The van der Waals surface area contributed by atoms with E-state index in [1.54, 1.807) is 42.7 Å². The standard InChI is InChI=1S/2C31H36FN3O3.C2H2O4/c2*1-36-26-10-6-22(7-11-26)12-15-34-16-13-23(14-17-34)18-31-33-27-19-29(37-2)30(38-3)20-28(27)35(31)21-24-4-8-25(32)9-5-24;3-1(4)2(5)6/h2*4-11,19-20,23H,12-18,21H2,1-3H3;(H,3,4)(H,5,6). The SMILES string of the molecule is COc1ccc(CCN2CCC(Cc3nc4cc(OC)c(OC)cc4n3Cc3ccc(F)cc3)CC2)cc1.COc1ccc(CCN2CCC(Cc3nc4cc(OC)c(OC)cc4n3Cc3ccc(F)cc3)CC2)cc1.O=C(O)C(=O)O. The molecule has 8 aromatic rings. The van der Waals surface area contributed by atoms with Gasteiger partial charge in [0, 0.05) is 63.3 Å². The van der Waals surface area contributed by atoms with Gasteiger partial charge in [0.15, 0.2) is 23.0 Å². The largest absolute Gasteiger partial charge is 0.497 e. The summed E-state index contributed by atoms with van der Waals surface area (Å²) in [6, 6.07) is 38.0. The van der Waals surface area contributed by atoms with Gasteiger partial charge in [0.05, 0.1) is 64.7 Å². The van der Waals surface area contributed by atoms with Gasteiger partial charge in [0.1, 0.15) is 34.8 Å². The summed E-state index contributed by atoms with van der Waals surface area (Å²) in [4.78, 5) is 33.4. The van der Waals surface area contributed by atoms with E-state index in [0.717, 1.165) is 147 Å². The summed E-state index contributed by atoms with van der Waals surface area (Å²) >= 11 is 0. The Morgan fingerprint density at radius 2 is 0.780 bits per heavy atom. The minimum Gasteiger partial charge on any atom is -0.497 e. The molecule has 4 heterocycles. The van der Waals surface area contributed by atoms with Crippen molar-refractivity contribution in [3.05, 3.63) is 167 Å². The van der Waals surface area contributed by atoms with Gasteiger partial charge in [0.2, 0.25) is 0 Å². The summed E-state index contributed by atoms with van der Waals surface area (Å²) in [7, 11) is 9.97. The van der Waals surface area contributed by atoms with Crippen LogP contribution in [-0.4, -0.2) is 133 Å². The number of nitrogens with zero attached hydrogens (tertiary/aromatic N) is 6. The zero-order valence-corrected chi connectivity index (χ0v) is 47.6. The molecule has 0 unspecified atom stereocenters. The molecule has 82 heavy (non-hydrogen) atoms. The van der Waals surface area contributed by atoms with E-state index in [2.05, 4.69) is 43.2 Å². The molecule has 2 aromatic heterocycles. The van der Waals surface area contributed by atoms with E-state index in [4.69, 9.17) is 58.2 Å². The number of likely N-dealkylation sites (tertiary alicyclic amines) is 2. The number of hydrogen-bond acceptors (Lipinski definition) is 12. The number of carboxylic acid groups (broad SMARTS) is 2. The van der Waals surface area contributed by atoms with Gasteiger partial charge in [-0.3, -0.25) is 0 Å². The first-order chi connectivity index (χ1) is 39.8. The Morgan fingerprint density at radius 3 is 1.09 bits per heavy atom. The summed E-state index contributed by atoms with van der Waals surface area (Å²) in [5, 5.41) is 14.8. The van der Waals surface area contributed by atoms with Gasteiger partial charge in [-0.15, -0.1) is 0 Å². The third-order valence-corrected chi connectivity index (χ3v) is 15.5.